The molecule has 0 radical (unpaired) electrons. The van der Waals surface area contributed by atoms with E-state index in [4.69, 9.17) is 40.4 Å². The number of halogens is 4. The number of ether oxygens (including phenoxy) is 1. The second kappa shape index (κ2) is 9.19. The van der Waals surface area contributed by atoms with Crippen molar-refractivity contribution in [3.63, 3.8) is 0 Å². The number of phenolic OH excluding ortho intramolecular Hbond substituents is 1. The van der Waals surface area contributed by atoms with Crippen molar-refractivity contribution in [3.05, 3.63) is 72.8 Å². The molecule has 0 unspecified atom stereocenters. The molecule has 28 heavy (non-hydrogen) atoms. The second-order valence-electron chi connectivity index (χ2n) is 5.97. The fourth-order valence-electron chi connectivity index (χ4n) is 3.20. The summed E-state index contributed by atoms with van der Waals surface area (Å²) in [5.74, 6) is 1.02. The first kappa shape index (κ1) is 21.7. The molecule has 0 atom stereocenters. The number of methoxy groups -OCH3 is 1. The fourth-order valence-corrected chi connectivity index (χ4v) is 3.20. The monoisotopic (exact) mass is 560 g/mol. The molecule has 0 heterocycles. The number of hydrogen-bond acceptors (Lipinski definition) is 2. The van der Waals surface area contributed by atoms with Gasteiger partial charge in [-0.15, -0.1) is 0 Å². The average molecular weight is 561 g/mol. The van der Waals surface area contributed by atoms with Gasteiger partial charge in [0.2, 0.25) is 0 Å². The molecule has 0 saturated heterocycles. The normalized spacial score (nSPS) is 11.2. The van der Waals surface area contributed by atoms with Crippen molar-refractivity contribution in [1.82, 2.24) is 0 Å². The van der Waals surface area contributed by atoms with Crippen molar-refractivity contribution >= 4 is 71.1 Å². The molecule has 0 amide bonds. The Kier molecular flexibility index (Phi) is 7.11. The molecule has 4 rings (SSSR count). The number of aromatic hydroxyl groups is 1. The van der Waals surface area contributed by atoms with Gasteiger partial charge in [0.15, 0.2) is 0 Å². The Morgan fingerprint density at radius 3 is 1.68 bits per heavy atom. The standard InChI is InChI=1S/C21H16O2.4ClH.Sn/c1-23-19-13-11-15-7-3-5-9-17(15)21(19)20-16-8-4-2-6-14(16)10-12-18(20)22;;;;;/h2-13,22H,1H3;4*1H;/q;;;;;+4/p-4. The van der Waals surface area contributed by atoms with Gasteiger partial charge in [0.25, 0.3) is 0 Å². The summed E-state index contributed by atoms with van der Waals surface area (Å²) in [6.07, 6.45) is 0. The fraction of sp³-hybridized carbons (Fsp3) is 0.0476. The SMILES string of the molecule is COc1ccc2ccccc2c1-c1c(O)ccc2ccccc12.[Cl][Sn]([Cl])([Cl])[Cl]. The first-order valence-electron chi connectivity index (χ1n) is 8.32. The zero-order valence-corrected chi connectivity index (χ0v) is 20.7. The van der Waals surface area contributed by atoms with E-state index in [1.54, 1.807) is 13.2 Å². The van der Waals surface area contributed by atoms with Gasteiger partial charge in [0, 0.05) is 11.1 Å². The average Bonchev–Trinajstić information content (AvgIpc) is 2.66. The molecule has 0 aliphatic rings. The van der Waals surface area contributed by atoms with Crippen LogP contribution in [0, 0.1) is 0 Å². The molecular formula is C21H16Cl4O2Sn. The van der Waals surface area contributed by atoms with E-state index >= 15 is 0 Å². The van der Waals surface area contributed by atoms with Crippen LogP contribution in [0.25, 0.3) is 32.7 Å². The van der Waals surface area contributed by atoms with E-state index in [2.05, 4.69) is 18.2 Å². The zero-order chi connectivity index (χ0) is 20.3. The molecule has 0 aliphatic heterocycles. The Bertz CT molecular complexity index is 1120. The summed E-state index contributed by atoms with van der Waals surface area (Å²) >= 11 is -3.29. The number of fused-ring (bicyclic) bond motifs is 2. The van der Waals surface area contributed by atoms with E-state index in [0.29, 0.717) is 0 Å². The van der Waals surface area contributed by atoms with E-state index in [9.17, 15) is 5.11 Å². The summed E-state index contributed by atoms with van der Waals surface area (Å²) in [5.41, 5.74) is 1.75. The third-order valence-electron chi connectivity index (χ3n) is 4.27. The molecule has 4 aromatic rings. The minimum absolute atomic E-state index is 0.262. The van der Waals surface area contributed by atoms with E-state index in [1.807, 2.05) is 48.5 Å². The molecule has 2 nitrogen and oxygen atoms in total. The summed E-state index contributed by atoms with van der Waals surface area (Å²) in [6.45, 7) is 0. The number of benzene rings is 4. The maximum absolute atomic E-state index is 10.6. The van der Waals surface area contributed by atoms with E-state index in [0.717, 1.165) is 38.4 Å². The molecule has 0 fully saturated rings. The Labute approximate surface area is 182 Å². The third kappa shape index (κ3) is 5.11. The predicted molar refractivity (Wildman–Crippen MR) is 124 cm³/mol. The van der Waals surface area contributed by atoms with E-state index in [-0.39, 0.29) is 5.75 Å². The Balaban J connectivity index is 0.000000403. The first-order valence-corrected chi connectivity index (χ1v) is 22.8. The molecule has 7 heteroatoms. The van der Waals surface area contributed by atoms with Gasteiger partial charge in [0.1, 0.15) is 11.5 Å². The summed E-state index contributed by atoms with van der Waals surface area (Å²) < 4.78 is 5.60. The van der Waals surface area contributed by atoms with Gasteiger partial charge in [0.05, 0.1) is 7.11 Å². The van der Waals surface area contributed by atoms with Crippen LogP contribution in [0.4, 0.5) is 0 Å². The van der Waals surface area contributed by atoms with Crippen LogP contribution < -0.4 is 4.74 Å². The van der Waals surface area contributed by atoms with Crippen molar-refractivity contribution in [2.45, 2.75) is 0 Å². The van der Waals surface area contributed by atoms with Crippen LogP contribution >= 0.6 is 35.7 Å². The molecule has 0 spiro atoms. The van der Waals surface area contributed by atoms with Crippen LogP contribution in [-0.2, 0) is 0 Å². The molecule has 1 N–H and O–H groups in total. The van der Waals surface area contributed by atoms with Crippen molar-refractivity contribution in [1.29, 1.82) is 0 Å². The summed E-state index contributed by atoms with van der Waals surface area (Å²) in [5, 5.41) is 14.9. The van der Waals surface area contributed by atoms with E-state index in [1.165, 1.54) is 0 Å². The van der Waals surface area contributed by atoms with Gasteiger partial charge in [-0.05, 0) is 33.7 Å². The van der Waals surface area contributed by atoms with Crippen molar-refractivity contribution in [2.24, 2.45) is 0 Å². The number of hydrogen-bond donors (Lipinski definition) is 1. The van der Waals surface area contributed by atoms with Gasteiger partial charge in [-0.3, -0.25) is 0 Å². The molecule has 4 aromatic carbocycles. The van der Waals surface area contributed by atoms with Gasteiger partial charge in [-0.25, -0.2) is 0 Å². The molecule has 0 saturated carbocycles. The van der Waals surface area contributed by atoms with Gasteiger partial charge in [-0.2, -0.15) is 0 Å². The van der Waals surface area contributed by atoms with E-state index < -0.39 is 13.9 Å². The Morgan fingerprint density at radius 1 is 0.679 bits per heavy atom. The quantitative estimate of drug-likeness (QED) is 0.254. The predicted octanol–water partition coefficient (Wildman–Crippen LogP) is 7.75. The molecular weight excluding hydrogens is 545 g/mol. The molecule has 0 aromatic heterocycles. The topological polar surface area (TPSA) is 29.5 Å². The number of phenols is 1. The van der Waals surface area contributed by atoms with Gasteiger partial charge < -0.3 is 9.84 Å². The molecule has 0 bridgehead atoms. The summed E-state index contributed by atoms with van der Waals surface area (Å²) in [7, 11) is 21.8. The van der Waals surface area contributed by atoms with Gasteiger partial charge in [-0.1, -0.05) is 60.7 Å². The van der Waals surface area contributed by atoms with Crippen LogP contribution in [0.15, 0.2) is 72.8 Å². The Morgan fingerprint density at radius 2 is 1.14 bits per heavy atom. The zero-order valence-electron chi connectivity index (χ0n) is 14.8. The van der Waals surface area contributed by atoms with Crippen molar-refractivity contribution < 1.29 is 9.84 Å². The number of rotatable bonds is 2. The third-order valence-corrected chi connectivity index (χ3v) is 4.27. The summed E-state index contributed by atoms with van der Waals surface area (Å²) in [6, 6.07) is 23.9. The van der Waals surface area contributed by atoms with Gasteiger partial charge >= 0.3 is 49.6 Å². The first-order chi connectivity index (χ1) is 13.3. The molecule has 0 aliphatic carbocycles. The van der Waals surface area contributed by atoms with Crippen LogP contribution in [0.2, 0.25) is 0 Å². The molecule has 144 valence electrons. The van der Waals surface area contributed by atoms with Crippen LogP contribution in [0.3, 0.4) is 0 Å². The second-order valence-corrected chi connectivity index (χ2v) is 31.4. The van der Waals surface area contributed by atoms with Crippen LogP contribution in [0.1, 0.15) is 0 Å². The Hall–Kier alpha value is -1.04. The summed E-state index contributed by atoms with van der Waals surface area (Å²) in [4.78, 5) is 0. The van der Waals surface area contributed by atoms with Crippen LogP contribution in [0.5, 0.6) is 11.5 Å². The minimum atomic E-state index is -3.29. The van der Waals surface area contributed by atoms with Crippen molar-refractivity contribution in [2.75, 3.05) is 7.11 Å². The maximum atomic E-state index is 10.6. The van der Waals surface area contributed by atoms with Crippen LogP contribution in [-0.4, -0.2) is 26.1 Å². The van der Waals surface area contributed by atoms with Crippen molar-refractivity contribution in [3.8, 4) is 22.6 Å².